The number of halogens is 5. The number of hydrogen-bond acceptors (Lipinski definition) is 4. The van der Waals surface area contributed by atoms with Crippen molar-refractivity contribution in [3.8, 4) is 5.75 Å². The third kappa shape index (κ3) is 4.33. The lowest BCUT2D eigenvalue weighted by Gasteiger charge is -2.32. The van der Waals surface area contributed by atoms with E-state index in [1.807, 2.05) is 0 Å². The van der Waals surface area contributed by atoms with Crippen molar-refractivity contribution in [3.63, 3.8) is 0 Å². The van der Waals surface area contributed by atoms with E-state index in [0.29, 0.717) is 0 Å². The molecule has 180 valence electrons. The summed E-state index contributed by atoms with van der Waals surface area (Å²) in [6.45, 7) is 3.44. The molecule has 0 bridgehead atoms. The Morgan fingerprint density at radius 3 is 2.52 bits per heavy atom. The topological polar surface area (TPSA) is 69.6 Å². The van der Waals surface area contributed by atoms with Crippen LogP contribution in [0.15, 0.2) is 35.3 Å². The fourth-order valence-corrected chi connectivity index (χ4v) is 3.96. The van der Waals surface area contributed by atoms with E-state index in [1.54, 1.807) is 0 Å². The first kappa shape index (κ1) is 24.7. The SMILES string of the molecule is CCOc1c([C@H]2[C@H](C(=O)Nc3ccn(C)c(=O)c3)O[C@@](C)(C(F)(F)F)[C@H]2C)ccc(F)c1F. The second-order valence-electron chi connectivity index (χ2n) is 8.02. The molecule has 0 saturated carbocycles. The van der Waals surface area contributed by atoms with Crippen molar-refractivity contribution < 1.29 is 36.2 Å². The van der Waals surface area contributed by atoms with Crippen LogP contribution in [0.2, 0.25) is 0 Å². The number of alkyl halides is 3. The van der Waals surface area contributed by atoms with Crippen molar-refractivity contribution in [1.29, 1.82) is 0 Å². The van der Waals surface area contributed by atoms with E-state index in [1.165, 1.54) is 37.7 Å². The maximum absolute atomic E-state index is 14.5. The number of pyridine rings is 1. The van der Waals surface area contributed by atoms with Crippen LogP contribution in [0, 0.1) is 17.6 Å². The molecule has 1 aliphatic heterocycles. The number of nitrogens with one attached hydrogen (secondary N) is 1. The zero-order valence-electron chi connectivity index (χ0n) is 18.3. The van der Waals surface area contributed by atoms with Crippen LogP contribution in [0.25, 0.3) is 0 Å². The van der Waals surface area contributed by atoms with Gasteiger partial charge in [0.2, 0.25) is 5.82 Å². The highest BCUT2D eigenvalue weighted by Crippen LogP contribution is 2.55. The molecule has 0 radical (unpaired) electrons. The minimum absolute atomic E-state index is 0.0500. The van der Waals surface area contributed by atoms with Gasteiger partial charge in [-0.1, -0.05) is 13.0 Å². The van der Waals surface area contributed by atoms with Crippen molar-refractivity contribution in [2.24, 2.45) is 13.0 Å². The molecule has 0 unspecified atom stereocenters. The Morgan fingerprint density at radius 2 is 1.94 bits per heavy atom. The summed E-state index contributed by atoms with van der Waals surface area (Å²) in [6, 6.07) is 4.34. The van der Waals surface area contributed by atoms with Gasteiger partial charge < -0.3 is 19.4 Å². The average molecular weight is 474 g/mol. The summed E-state index contributed by atoms with van der Waals surface area (Å²) in [5.41, 5.74) is -3.29. The standard InChI is InChI=1S/C22H23F5N2O4/c1-5-32-18-13(6-7-14(23)17(18)24)16-11(2)21(3,22(25,26)27)33-19(16)20(31)28-12-8-9-29(4)15(30)10-12/h6-11,16,19H,5H2,1-4H3,(H,28,31)/t11-,16-,19+,21+/m0/s1. The first-order chi connectivity index (χ1) is 15.3. The molecule has 2 aromatic rings. The predicted octanol–water partition coefficient (Wildman–Crippen LogP) is 4.14. The van der Waals surface area contributed by atoms with Crippen LogP contribution in [0.5, 0.6) is 5.75 Å². The van der Waals surface area contributed by atoms with Gasteiger partial charge in [0.1, 0.15) is 6.10 Å². The number of hydrogen-bond donors (Lipinski definition) is 1. The second kappa shape index (κ2) is 8.77. The van der Waals surface area contributed by atoms with Gasteiger partial charge >= 0.3 is 6.18 Å². The van der Waals surface area contributed by atoms with E-state index in [4.69, 9.17) is 9.47 Å². The molecular formula is C22H23F5N2O4. The van der Waals surface area contributed by atoms with Gasteiger partial charge in [-0.25, -0.2) is 4.39 Å². The number of benzene rings is 1. The van der Waals surface area contributed by atoms with Crippen LogP contribution in [-0.4, -0.2) is 35.0 Å². The van der Waals surface area contributed by atoms with Gasteiger partial charge in [-0.15, -0.1) is 0 Å². The molecule has 1 saturated heterocycles. The molecule has 2 heterocycles. The lowest BCUT2D eigenvalue weighted by molar-refractivity contribution is -0.272. The number of aromatic nitrogens is 1. The Morgan fingerprint density at radius 1 is 1.27 bits per heavy atom. The van der Waals surface area contributed by atoms with Gasteiger partial charge in [0.25, 0.3) is 11.5 Å². The number of anilines is 1. The van der Waals surface area contributed by atoms with Gasteiger partial charge in [0.05, 0.1) is 6.61 Å². The van der Waals surface area contributed by atoms with Crippen LogP contribution in [0.1, 0.15) is 32.3 Å². The van der Waals surface area contributed by atoms with Crippen LogP contribution in [-0.2, 0) is 16.6 Å². The van der Waals surface area contributed by atoms with Crippen LogP contribution >= 0.6 is 0 Å². The van der Waals surface area contributed by atoms with Gasteiger partial charge in [0.15, 0.2) is 17.2 Å². The van der Waals surface area contributed by atoms with Crippen molar-refractivity contribution >= 4 is 11.6 Å². The number of nitrogens with zero attached hydrogens (tertiary/aromatic N) is 1. The molecule has 33 heavy (non-hydrogen) atoms. The summed E-state index contributed by atoms with van der Waals surface area (Å²) in [5, 5.41) is 2.39. The van der Waals surface area contributed by atoms with Crippen LogP contribution in [0.4, 0.5) is 27.6 Å². The average Bonchev–Trinajstić information content (AvgIpc) is 3.01. The third-order valence-corrected chi connectivity index (χ3v) is 6.03. The summed E-state index contributed by atoms with van der Waals surface area (Å²) in [5.74, 6) is -6.86. The molecular weight excluding hydrogens is 451 g/mol. The molecule has 1 fully saturated rings. The molecule has 3 rings (SSSR count). The predicted molar refractivity (Wildman–Crippen MR) is 109 cm³/mol. The van der Waals surface area contributed by atoms with Gasteiger partial charge in [0, 0.05) is 42.4 Å². The number of amides is 1. The summed E-state index contributed by atoms with van der Waals surface area (Å²) >= 11 is 0. The van der Waals surface area contributed by atoms with Crippen LogP contribution in [0.3, 0.4) is 0 Å². The fraction of sp³-hybridized carbons (Fsp3) is 0.455. The molecule has 11 heteroatoms. The smallest absolute Gasteiger partial charge is 0.417 e. The summed E-state index contributed by atoms with van der Waals surface area (Å²) in [6.07, 6.45) is -5.23. The minimum Gasteiger partial charge on any atom is -0.490 e. The number of carbonyl (C=O) groups excluding carboxylic acids is 1. The van der Waals surface area contributed by atoms with Crippen molar-refractivity contribution in [1.82, 2.24) is 4.57 Å². The monoisotopic (exact) mass is 474 g/mol. The number of aryl methyl sites for hydroxylation is 1. The van der Waals surface area contributed by atoms with E-state index in [-0.39, 0.29) is 17.9 Å². The largest absolute Gasteiger partial charge is 0.490 e. The molecule has 0 spiro atoms. The Bertz CT molecular complexity index is 1120. The van der Waals surface area contributed by atoms with E-state index in [0.717, 1.165) is 25.1 Å². The Kier molecular flexibility index (Phi) is 6.56. The molecule has 1 aliphatic rings. The third-order valence-electron chi connectivity index (χ3n) is 6.03. The molecule has 0 aliphatic carbocycles. The summed E-state index contributed by atoms with van der Waals surface area (Å²) in [7, 11) is 1.48. The van der Waals surface area contributed by atoms with E-state index >= 15 is 0 Å². The normalized spacial score (nSPS) is 25.2. The van der Waals surface area contributed by atoms with Crippen molar-refractivity contribution in [2.45, 2.75) is 44.6 Å². The summed E-state index contributed by atoms with van der Waals surface area (Å²) in [4.78, 5) is 24.9. The highest BCUT2D eigenvalue weighted by Gasteiger charge is 2.65. The molecule has 4 atom stereocenters. The van der Waals surface area contributed by atoms with E-state index < -0.39 is 58.6 Å². The highest BCUT2D eigenvalue weighted by molar-refractivity contribution is 5.95. The Balaban J connectivity index is 2.10. The highest BCUT2D eigenvalue weighted by atomic mass is 19.4. The lowest BCUT2D eigenvalue weighted by Crippen LogP contribution is -2.47. The zero-order chi connectivity index (χ0) is 24.7. The number of carbonyl (C=O) groups is 1. The minimum atomic E-state index is -4.87. The lowest BCUT2D eigenvalue weighted by atomic mass is 9.77. The molecule has 6 nitrogen and oxygen atoms in total. The van der Waals surface area contributed by atoms with Gasteiger partial charge in [-0.05, 0) is 26.0 Å². The fourth-order valence-electron chi connectivity index (χ4n) is 3.96. The van der Waals surface area contributed by atoms with Crippen LogP contribution < -0.4 is 15.6 Å². The van der Waals surface area contributed by atoms with E-state index in [9.17, 15) is 31.5 Å². The second-order valence-corrected chi connectivity index (χ2v) is 8.02. The van der Waals surface area contributed by atoms with Gasteiger partial charge in [-0.2, -0.15) is 17.6 Å². The maximum Gasteiger partial charge on any atom is 0.417 e. The van der Waals surface area contributed by atoms with E-state index in [2.05, 4.69) is 5.32 Å². The van der Waals surface area contributed by atoms with Crippen molar-refractivity contribution in [3.05, 3.63) is 58.0 Å². The van der Waals surface area contributed by atoms with Crippen molar-refractivity contribution in [2.75, 3.05) is 11.9 Å². The summed E-state index contributed by atoms with van der Waals surface area (Å²) < 4.78 is 82.0. The first-order valence-corrected chi connectivity index (χ1v) is 10.1. The number of rotatable bonds is 5. The quantitative estimate of drug-likeness (QED) is 0.662. The maximum atomic E-state index is 14.5. The molecule has 1 aromatic carbocycles. The zero-order valence-corrected chi connectivity index (χ0v) is 18.3. The number of ether oxygens (including phenoxy) is 2. The van der Waals surface area contributed by atoms with Gasteiger partial charge in [-0.3, -0.25) is 9.59 Å². The Hall–Kier alpha value is -2.95. The molecule has 1 amide bonds. The Labute approximate surface area is 186 Å². The first-order valence-electron chi connectivity index (χ1n) is 10.1. The molecule has 1 N–H and O–H groups in total. The molecule has 1 aromatic heterocycles.